The number of hydrogen-bond acceptors (Lipinski definition) is 5. The highest BCUT2D eigenvalue weighted by Crippen LogP contribution is 2.27. The first-order valence-electron chi connectivity index (χ1n) is 6.25. The predicted octanol–water partition coefficient (Wildman–Crippen LogP) is 3.44. The summed E-state index contributed by atoms with van der Waals surface area (Å²) in [5.41, 5.74) is 1.19. The molecule has 1 aromatic carbocycles. The van der Waals surface area contributed by atoms with Crippen molar-refractivity contribution in [3.05, 3.63) is 40.7 Å². The van der Waals surface area contributed by atoms with Crippen LogP contribution in [0.1, 0.15) is 30.3 Å². The molecule has 0 aliphatic carbocycles. The summed E-state index contributed by atoms with van der Waals surface area (Å²) in [5, 5.41) is 12.9. The van der Waals surface area contributed by atoms with Crippen LogP contribution >= 0.6 is 23.4 Å². The van der Waals surface area contributed by atoms with Crippen molar-refractivity contribution in [1.29, 1.82) is 0 Å². The van der Waals surface area contributed by atoms with Gasteiger partial charge in [-0.25, -0.2) is 0 Å². The van der Waals surface area contributed by atoms with Gasteiger partial charge >= 0.3 is 0 Å². The quantitative estimate of drug-likeness (QED) is 0.876. The highest BCUT2D eigenvalue weighted by atomic mass is 35.5. The highest BCUT2D eigenvalue weighted by molar-refractivity contribution is 7.98. The molecule has 1 aliphatic heterocycles. The molecular formula is C13H14ClN3OS. The SMILES string of the molecule is Clc1ccc(CSc2nnc([C@H]3CCCN3)o2)cc1. The smallest absolute Gasteiger partial charge is 0.276 e. The maximum Gasteiger partial charge on any atom is 0.276 e. The van der Waals surface area contributed by atoms with E-state index >= 15 is 0 Å². The molecule has 0 spiro atoms. The van der Waals surface area contributed by atoms with Crippen LogP contribution < -0.4 is 5.32 Å². The van der Waals surface area contributed by atoms with E-state index in [9.17, 15) is 0 Å². The number of aromatic nitrogens is 2. The minimum Gasteiger partial charge on any atom is -0.414 e. The molecule has 2 aromatic rings. The zero-order valence-corrected chi connectivity index (χ0v) is 11.9. The maximum atomic E-state index is 5.85. The van der Waals surface area contributed by atoms with Crippen LogP contribution in [0.15, 0.2) is 33.9 Å². The lowest BCUT2D eigenvalue weighted by Gasteiger charge is -2.02. The van der Waals surface area contributed by atoms with Crippen molar-refractivity contribution >= 4 is 23.4 Å². The minimum atomic E-state index is 0.234. The molecule has 1 atom stereocenters. The summed E-state index contributed by atoms with van der Waals surface area (Å²) in [4.78, 5) is 0. The van der Waals surface area contributed by atoms with Crippen molar-refractivity contribution in [3.8, 4) is 0 Å². The molecule has 1 aromatic heterocycles. The fraction of sp³-hybridized carbons (Fsp3) is 0.385. The Hall–Kier alpha value is -1.04. The lowest BCUT2D eigenvalue weighted by Crippen LogP contribution is -2.12. The van der Waals surface area contributed by atoms with E-state index < -0.39 is 0 Å². The van der Waals surface area contributed by atoms with Crippen LogP contribution in [0.2, 0.25) is 5.02 Å². The van der Waals surface area contributed by atoms with Gasteiger partial charge in [0.05, 0.1) is 6.04 Å². The Labute approximate surface area is 120 Å². The molecule has 4 nitrogen and oxygen atoms in total. The Kier molecular flexibility index (Phi) is 4.06. The molecular weight excluding hydrogens is 282 g/mol. The van der Waals surface area contributed by atoms with Gasteiger partial charge in [0.2, 0.25) is 5.89 Å². The van der Waals surface area contributed by atoms with Gasteiger partial charge in [-0.1, -0.05) is 35.5 Å². The molecule has 0 amide bonds. The number of halogens is 1. The van der Waals surface area contributed by atoms with Crippen LogP contribution in [-0.2, 0) is 5.75 Å². The molecule has 0 unspecified atom stereocenters. The zero-order valence-electron chi connectivity index (χ0n) is 10.3. The van der Waals surface area contributed by atoms with E-state index in [1.54, 1.807) is 11.8 Å². The fourth-order valence-corrected chi connectivity index (χ4v) is 2.89. The molecule has 19 heavy (non-hydrogen) atoms. The standard InChI is InChI=1S/C13H14ClN3OS/c14-10-5-3-9(4-6-10)8-19-13-17-16-12(18-13)11-2-1-7-15-11/h3-6,11,15H,1-2,7-8H2/t11-/m1/s1. The molecule has 6 heteroatoms. The van der Waals surface area contributed by atoms with Gasteiger partial charge in [0.15, 0.2) is 0 Å². The molecule has 1 saturated heterocycles. The van der Waals surface area contributed by atoms with Gasteiger partial charge in [0, 0.05) is 10.8 Å². The van der Waals surface area contributed by atoms with E-state index in [1.807, 2.05) is 24.3 Å². The van der Waals surface area contributed by atoms with Gasteiger partial charge in [-0.05, 0) is 37.1 Å². The molecule has 2 heterocycles. The summed E-state index contributed by atoms with van der Waals surface area (Å²) in [5.74, 6) is 1.51. The van der Waals surface area contributed by atoms with Crippen molar-refractivity contribution in [2.45, 2.75) is 29.9 Å². The summed E-state index contributed by atoms with van der Waals surface area (Å²) in [6, 6.07) is 8.02. The van der Waals surface area contributed by atoms with Crippen LogP contribution in [0, 0.1) is 0 Å². The molecule has 0 bridgehead atoms. The van der Waals surface area contributed by atoms with E-state index in [0.717, 1.165) is 23.7 Å². The lowest BCUT2D eigenvalue weighted by atomic mass is 10.2. The van der Waals surface area contributed by atoms with E-state index in [4.69, 9.17) is 16.0 Å². The van der Waals surface area contributed by atoms with E-state index in [0.29, 0.717) is 11.1 Å². The molecule has 1 aliphatic rings. The number of hydrogen-bond donors (Lipinski definition) is 1. The Morgan fingerprint density at radius 2 is 2.16 bits per heavy atom. The van der Waals surface area contributed by atoms with Crippen molar-refractivity contribution in [3.63, 3.8) is 0 Å². The van der Waals surface area contributed by atoms with Gasteiger partial charge in [-0.15, -0.1) is 10.2 Å². The monoisotopic (exact) mass is 295 g/mol. The Balaban J connectivity index is 1.59. The van der Waals surface area contributed by atoms with Crippen molar-refractivity contribution in [2.75, 3.05) is 6.54 Å². The van der Waals surface area contributed by atoms with E-state index in [2.05, 4.69) is 15.5 Å². The van der Waals surface area contributed by atoms with Gasteiger partial charge in [0.25, 0.3) is 5.22 Å². The van der Waals surface area contributed by atoms with Gasteiger partial charge in [-0.2, -0.15) is 0 Å². The van der Waals surface area contributed by atoms with Crippen LogP contribution in [0.3, 0.4) is 0 Å². The Morgan fingerprint density at radius 3 is 2.89 bits per heavy atom. The topological polar surface area (TPSA) is 51.0 Å². The first-order valence-corrected chi connectivity index (χ1v) is 7.61. The third-order valence-electron chi connectivity index (χ3n) is 3.06. The second-order valence-electron chi connectivity index (χ2n) is 4.47. The van der Waals surface area contributed by atoms with Gasteiger partial charge in [0.1, 0.15) is 0 Å². The number of thioether (sulfide) groups is 1. The molecule has 1 fully saturated rings. The van der Waals surface area contributed by atoms with Gasteiger partial charge < -0.3 is 9.73 Å². The second kappa shape index (κ2) is 5.94. The molecule has 3 rings (SSSR count). The molecule has 0 saturated carbocycles. The largest absolute Gasteiger partial charge is 0.414 e. The third kappa shape index (κ3) is 3.29. The predicted molar refractivity (Wildman–Crippen MR) is 75.3 cm³/mol. The van der Waals surface area contributed by atoms with Crippen LogP contribution in [0.5, 0.6) is 0 Å². The van der Waals surface area contributed by atoms with Crippen molar-refractivity contribution in [2.24, 2.45) is 0 Å². The first kappa shape index (κ1) is 13.0. The van der Waals surface area contributed by atoms with Crippen molar-refractivity contribution < 1.29 is 4.42 Å². The average molecular weight is 296 g/mol. The Morgan fingerprint density at radius 1 is 1.32 bits per heavy atom. The number of nitrogens with zero attached hydrogens (tertiary/aromatic N) is 2. The van der Waals surface area contributed by atoms with Crippen molar-refractivity contribution in [1.82, 2.24) is 15.5 Å². The average Bonchev–Trinajstić information content (AvgIpc) is 3.09. The third-order valence-corrected chi connectivity index (χ3v) is 4.20. The number of nitrogens with one attached hydrogen (secondary N) is 1. The summed E-state index contributed by atoms with van der Waals surface area (Å²) in [7, 11) is 0. The summed E-state index contributed by atoms with van der Waals surface area (Å²) in [6.07, 6.45) is 2.24. The van der Waals surface area contributed by atoms with Crippen LogP contribution in [-0.4, -0.2) is 16.7 Å². The lowest BCUT2D eigenvalue weighted by molar-refractivity contribution is 0.374. The van der Waals surface area contributed by atoms with Gasteiger partial charge in [-0.3, -0.25) is 0 Å². The summed E-state index contributed by atoms with van der Waals surface area (Å²) >= 11 is 7.40. The van der Waals surface area contributed by atoms with Crippen LogP contribution in [0.25, 0.3) is 0 Å². The number of rotatable bonds is 4. The summed E-state index contributed by atoms with van der Waals surface area (Å²) < 4.78 is 5.67. The highest BCUT2D eigenvalue weighted by Gasteiger charge is 2.22. The maximum absolute atomic E-state index is 5.85. The zero-order chi connectivity index (χ0) is 13.1. The molecule has 1 N–H and O–H groups in total. The second-order valence-corrected chi connectivity index (χ2v) is 5.83. The van der Waals surface area contributed by atoms with Crippen LogP contribution in [0.4, 0.5) is 0 Å². The van der Waals surface area contributed by atoms with E-state index in [-0.39, 0.29) is 6.04 Å². The summed E-state index contributed by atoms with van der Waals surface area (Å²) in [6.45, 7) is 1.03. The minimum absolute atomic E-state index is 0.234. The first-order chi connectivity index (χ1) is 9.31. The Bertz CT molecular complexity index is 537. The molecule has 0 radical (unpaired) electrons. The van der Waals surface area contributed by atoms with E-state index in [1.165, 1.54) is 12.0 Å². The number of benzene rings is 1. The molecule has 100 valence electrons. The normalized spacial score (nSPS) is 18.9. The fourth-order valence-electron chi connectivity index (χ4n) is 2.04.